The number of nitrogens with one attached hydrogen (secondary N) is 1. The van der Waals surface area contributed by atoms with Crippen molar-refractivity contribution in [1.29, 1.82) is 0 Å². The highest BCUT2D eigenvalue weighted by Crippen LogP contribution is 2.50. The highest BCUT2D eigenvalue weighted by Gasteiger charge is 2.55. The van der Waals surface area contributed by atoms with Gasteiger partial charge in [0, 0.05) is 6.54 Å². The minimum Gasteiger partial charge on any atom is -0.465 e. The third kappa shape index (κ3) is 2.39. The molecule has 0 unspecified atom stereocenters. The van der Waals surface area contributed by atoms with Gasteiger partial charge in [0.2, 0.25) is 0 Å². The van der Waals surface area contributed by atoms with Crippen molar-refractivity contribution in [2.45, 2.75) is 39.2 Å². The molecule has 8 heteroatoms. The summed E-state index contributed by atoms with van der Waals surface area (Å²) in [4.78, 5) is 33.1. The van der Waals surface area contributed by atoms with Gasteiger partial charge < -0.3 is 10.1 Å². The lowest BCUT2D eigenvalue weighted by molar-refractivity contribution is 0.0211. The SMILES string of the molecule is CC(C)(C)[C@]1(c2nc3cc(Br)sc3c(=O)[nH]2)CCCN1C(=O)O. The van der Waals surface area contributed by atoms with Crippen molar-refractivity contribution in [3.05, 3.63) is 26.0 Å². The first-order valence-corrected chi connectivity index (χ1v) is 8.98. The first-order chi connectivity index (χ1) is 10.7. The molecule has 1 aliphatic rings. The van der Waals surface area contributed by atoms with Crippen LogP contribution in [0, 0.1) is 5.41 Å². The molecule has 2 N–H and O–H groups in total. The van der Waals surface area contributed by atoms with Gasteiger partial charge >= 0.3 is 6.09 Å². The number of hydrogen-bond donors (Lipinski definition) is 2. The van der Waals surface area contributed by atoms with Crippen LogP contribution in [0.2, 0.25) is 0 Å². The zero-order chi connectivity index (χ0) is 17.0. The Kier molecular flexibility index (Phi) is 3.79. The molecule has 2 aromatic rings. The number of nitrogens with zero attached hydrogens (tertiary/aromatic N) is 2. The summed E-state index contributed by atoms with van der Waals surface area (Å²) in [6.45, 7) is 6.41. The molecule has 0 aliphatic carbocycles. The van der Waals surface area contributed by atoms with Crippen molar-refractivity contribution >= 4 is 43.6 Å². The summed E-state index contributed by atoms with van der Waals surface area (Å²) >= 11 is 4.70. The number of aromatic nitrogens is 2. The van der Waals surface area contributed by atoms with Gasteiger partial charge in [-0.3, -0.25) is 9.69 Å². The number of likely N-dealkylation sites (tertiary alicyclic amines) is 1. The first-order valence-electron chi connectivity index (χ1n) is 7.37. The van der Waals surface area contributed by atoms with E-state index in [1.807, 2.05) is 20.8 Å². The van der Waals surface area contributed by atoms with Gasteiger partial charge in [0.25, 0.3) is 5.56 Å². The molecule has 3 heterocycles. The second-order valence-corrected chi connectivity index (χ2v) is 9.26. The number of aromatic amines is 1. The molecule has 1 atom stereocenters. The monoisotopic (exact) mass is 399 g/mol. The average Bonchev–Trinajstić information content (AvgIpc) is 3.01. The minimum absolute atomic E-state index is 0.221. The van der Waals surface area contributed by atoms with E-state index in [1.54, 1.807) is 6.07 Å². The Bertz CT molecular complexity index is 839. The van der Waals surface area contributed by atoms with Gasteiger partial charge in [-0.2, -0.15) is 0 Å². The van der Waals surface area contributed by atoms with Crippen molar-refractivity contribution in [3.8, 4) is 0 Å². The molecule has 23 heavy (non-hydrogen) atoms. The summed E-state index contributed by atoms with van der Waals surface area (Å²) < 4.78 is 1.37. The summed E-state index contributed by atoms with van der Waals surface area (Å²) in [6.07, 6.45) is 0.410. The van der Waals surface area contributed by atoms with Gasteiger partial charge in [0.05, 0.1) is 9.30 Å². The average molecular weight is 400 g/mol. The van der Waals surface area contributed by atoms with Gasteiger partial charge in [-0.15, -0.1) is 11.3 Å². The molecule has 1 fully saturated rings. The second kappa shape index (κ2) is 5.31. The van der Waals surface area contributed by atoms with Crippen molar-refractivity contribution < 1.29 is 9.90 Å². The molecule has 3 rings (SSSR count). The number of amides is 1. The fourth-order valence-electron chi connectivity index (χ4n) is 3.57. The molecule has 0 bridgehead atoms. The largest absolute Gasteiger partial charge is 0.465 e. The molecule has 6 nitrogen and oxygen atoms in total. The van der Waals surface area contributed by atoms with E-state index < -0.39 is 17.0 Å². The summed E-state index contributed by atoms with van der Waals surface area (Å²) in [7, 11) is 0. The minimum atomic E-state index is -0.980. The van der Waals surface area contributed by atoms with Crippen molar-refractivity contribution in [1.82, 2.24) is 14.9 Å². The van der Waals surface area contributed by atoms with E-state index in [0.29, 0.717) is 29.0 Å². The van der Waals surface area contributed by atoms with Crippen molar-refractivity contribution in [3.63, 3.8) is 0 Å². The van der Waals surface area contributed by atoms with E-state index in [4.69, 9.17) is 0 Å². The molecule has 1 saturated heterocycles. The van der Waals surface area contributed by atoms with Gasteiger partial charge in [0.1, 0.15) is 16.1 Å². The van der Waals surface area contributed by atoms with Crippen LogP contribution in [0.3, 0.4) is 0 Å². The van der Waals surface area contributed by atoms with Crippen LogP contribution >= 0.6 is 27.3 Å². The van der Waals surface area contributed by atoms with Gasteiger partial charge in [-0.25, -0.2) is 9.78 Å². The lowest BCUT2D eigenvalue weighted by Crippen LogP contribution is -2.54. The Morgan fingerprint density at radius 3 is 2.83 bits per heavy atom. The predicted octanol–water partition coefficient (Wildman–Crippen LogP) is 3.76. The molecule has 1 amide bonds. The van der Waals surface area contributed by atoms with Crippen LogP contribution in [0.25, 0.3) is 10.2 Å². The number of carboxylic acid groups (broad SMARTS) is 1. The quantitative estimate of drug-likeness (QED) is 0.763. The molecular formula is C15H18BrN3O3S. The molecule has 0 radical (unpaired) electrons. The molecule has 0 saturated carbocycles. The topological polar surface area (TPSA) is 86.3 Å². The standard InChI is InChI=1S/C15H18BrN3O3S/c1-14(2,3)15(5-4-6-19(15)13(21)22)12-17-8-7-9(16)23-10(8)11(20)18-12/h7H,4-6H2,1-3H3,(H,21,22)(H,17,18,20)/t15-/m1/s1. The molecular weight excluding hydrogens is 382 g/mol. The first kappa shape index (κ1) is 16.4. The number of fused-ring (bicyclic) bond motifs is 1. The van der Waals surface area contributed by atoms with Gasteiger partial charge in [0.15, 0.2) is 0 Å². The zero-order valence-electron chi connectivity index (χ0n) is 13.1. The van der Waals surface area contributed by atoms with E-state index in [-0.39, 0.29) is 5.56 Å². The van der Waals surface area contributed by atoms with E-state index in [9.17, 15) is 14.7 Å². The summed E-state index contributed by atoms with van der Waals surface area (Å²) in [6, 6.07) is 1.80. The van der Waals surface area contributed by atoms with Crippen LogP contribution in [0.15, 0.2) is 14.6 Å². The van der Waals surface area contributed by atoms with E-state index in [2.05, 4.69) is 25.9 Å². The number of halogens is 1. The maximum Gasteiger partial charge on any atom is 0.408 e. The van der Waals surface area contributed by atoms with Crippen LogP contribution in [-0.4, -0.2) is 32.6 Å². The Labute approximate surface area is 145 Å². The third-order valence-electron chi connectivity index (χ3n) is 4.60. The van der Waals surface area contributed by atoms with Crippen LogP contribution in [0.4, 0.5) is 4.79 Å². The highest BCUT2D eigenvalue weighted by molar-refractivity contribution is 9.11. The molecule has 124 valence electrons. The Morgan fingerprint density at radius 1 is 1.52 bits per heavy atom. The van der Waals surface area contributed by atoms with Crippen molar-refractivity contribution in [2.24, 2.45) is 5.41 Å². The Balaban J connectivity index is 2.30. The van der Waals surface area contributed by atoms with Crippen LogP contribution in [0.5, 0.6) is 0 Å². The predicted molar refractivity (Wildman–Crippen MR) is 93.0 cm³/mol. The maximum absolute atomic E-state index is 12.4. The highest BCUT2D eigenvalue weighted by atomic mass is 79.9. The zero-order valence-corrected chi connectivity index (χ0v) is 15.5. The number of hydrogen-bond acceptors (Lipinski definition) is 4. The number of carbonyl (C=O) groups is 1. The maximum atomic E-state index is 12.4. The smallest absolute Gasteiger partial charge is 0.408 e. The fraction of sp³-hybridized carbons (Fsp3) is 0.533. The molecule has 2 aromatic heterocycles. The number of H-pyrrole nitrogens is 1. The number of rotatable bonds is 1. The molecule has 1 aliphatic heterocycles. The van der Waals surface area contributed by atoms with Gasteiger partial charge in [-0.1, -0.05) is 20.8 Å². The van der Waals surface area contributed by atoms with Crippen molar-refractivity contribution in [2.75, 3.05) is 6.54 Å². The number of thiophene rings is 1. The van der Waals surface area contributed by atoms with E-state index >= 15 is 0 Å². The fourth-order valence-corrected chi connectivity index (χ4v) is 4.99. The molecule has 0 aromatic carbocycles. The lowest BCUT2D eigenvalue weighted by atomic mass is 9.71. The second-order valence-electron chi connectivity index (χ2n) is 6.83. The summed E-state index contributed by atoms with van der Waals surface area (Å²) in [5, 5.41) is 9.66. The van der Waals surface area contributed by atoms with Crippen LogP contribution < -0.4 is 5.56 Å². The summed E-state index contributed by atoms with van der Waals surface area (Å²) in [5.41, 5.74) is -0.859. The van der Waals surface area contributed by atoms with Crippen LogP contribution in [-0.2, 0) is 5.54 Å². The molecule has 0 spiro atoms. The summed E-state index contributed by atoms with van der Waals surface area (Å²) in [5.74, 6) is 0.438. The van der Waals surface area contributed by atoms with Gasteiger partial charge in [-0.05, 0) is 40.3 Å². The van der Waals surface area contributed by atoms with E-state index in [0.717, 1.165) is 10.2 Å². The van der Waals surface area contributed by atoms with E-state index in [1.165, 1.54) is 16.2 Å². The Morgan fingerprint density at radius 2 is 2.22 bits per heavy atom. The Hall–Kier alpha value is -1.41. The third-order valence-corrected chi connectivity index (χ3v) is 6.22. The normalized spacial score (nSPS) is 22.0. The lowest BCUT2D eigenvalue weighted by Gasteiger charge is -2.45. The van der Waals surface area contributed by atoms with Crippen LogP contribution in [0.1, 0.15) is 39.4 Å².